The van der Waals surface area contributed by atoms with Gasteiger partial charge in [0.1, 0.15) is 5.52 Å². The van der Waals surface area contributed by atoms with Gasteiger partial charge in [-0.1, -0.05) is 5.21 Å². The molecule has 8 heteroatoms. The molecule has 1 aliphatic heterocycles. The Labute approximate surface area is 152 Å². The van der Waals surface area contributed by atoms with Crippen LogP contribution in [0.15, 0.2) is 18.2 Å². The van der Waals surface area contributed by atoms with Gasteiger partial charge in [0, 0.05) is 31.2 Å². The van der Waals surface area contributed by atoms with Crippen LogP contribution in [-0.2, 0) is 6.54 Å². The van der Waals surface area contributed by atoms with Crippen molar-refractivity contribution in [1.29, 1.82) is 0 Å². The van der Waals surface area contributed by atoms with Crippen molar-refractivity contribution >= 4 is 23.0 Å². The molecule has 2 N–H and O–H groups in total. The first-order valence-electron chi connectivity index (χ1n) is 9.21. The van der Waals surface area contributed by atoms with Gasteiger partial charge in [0.2, 0.25) is 0 Å². The minimum atomic E-state index is -0.196. The molecule has 3 amide bonds. The fraction of sp³-hybridized carbons (Fsp3) is 0.556. The number of nitrogens with zero attached hydrogens (tertiary/aromatic N) is 4. The number of hydrogen-bond acceptors (Lipinski definition) is 4. The molecule has 1 saturated heterocycles. The van der Waals surface area contributed by atoms with Gasteiger partial charge in [-0.2, -0.15) is 0 Å². The van der Waals surface area contributed by atoms with Crippen LogP contribution >= 0.6 is 0 Å². The van der Waals surface area contributed by atoms with Crippen LogP contribution < -0.4 is 10.6 Å². The van der Waals surface area contributed by atoms with Crippen molar-refractivity contribution in [2.75, 3.05) is 19.6 Å². The smallest absolute Gasteiger partial charge is 0.315 e. The molecule has 8 nitrogen and oxygen atoms in total. The summed E-state index contributed by atoms with van der Waals surface area (Å²) in [5, 5.41) is 13.9. The molecule has 0 atom stereocenters. The highest BCUT2D eigenvalue weighted by molar-refractivity contribution is 5.97. The number of carbonyl (C=O) groups is 2. The Bertz CT molecular complexity index is 779. The van der Waals surface area contributed by atoms with E-state index in [0.29, 0.717) is 24.2 Å². The lowest BCUT2D eigenvalue weighted by atomic mass is 10.1. The number of urea groups is 1. The van der Waals surface area contributed by atoms with Gasteiger partial charge in [0.05, 0.1) is 12.1 Å². The average Bonchev–Trinajstić information content (AvgIpc) is 3.03. The molecule has 3 rings (SSSR count). The zero-order chi connectivity index (χ0) is 18.5. The molecule has 0 radical (unpaired) electrons. The lowest BCUT2D eigenvalue weighted by Gasteiger charge is -2.26. The second kappa shape index (κ2) is 8.16. The van der Waals surface area contributed by atoms with Crippen LogP contribution in [0.4, 0.5) is 4.79 Å². The summed E-state index contributed by atoms with van der Waals surface area (Å²) < 4.78 is 1.74. The molecule has 2 heterocycles. The van der Waals surface area contributed by atoms with Crippen LogP contribution in [-0.4, -0.2) is 57.5 Å². The molecular weight excluding hydrogens is 332 g/mol. The molecule has 1 aromatic heterocycles. The number of hydrogen-bond donors (Lipinski definition) is 2. The molecule has 1 fully saturated rings. The van der Waals surface area contributed by atoms with Crippen LogP contribution in [0.2, 0.25) is 0 Å². The number of aromatic nitrogens is 3. The average molecular weight is 358 g/mol. The molecule has 0 saturated carbocycles. The van der Waals surface area contributed by atoms with E-state index in [2.05, 4.69) is 20.9 Å². The number of amides is 3. The largest absolute Gasteiger partial charge is 0.339 e. The normalized spacial score (nSPS) is 14.7. The number of rotatable bonds is 5. The number of carbonyl (C=O) groups excluding carboxylic acids is 2. The molecule has 1 aliphatic rings. The molecule has 0 spiro atoms. The van der Waals surface area contributed by atoms with Crippen molar-refractivity contribution in [3.63, 3.8) is 0 Å². The van der Waals surface area contributed by atoms with Crippen molar-refractivity contribution in [1.82, 2.24) is 30.5 Å². The first-order chi connectivity index (χ1) is 12.5. The van der Waals surface area contributed by atoms with Crippen LogP contribution in [0.5, 0.6) is 0 Å². The summed E-state index contributed by atoms with van der Waals surface area (Å²) in [5.41, 5.74) is 2.20. The Morgan fingerprint density at radius 1 is 1.19 bits per heavy atom. The van der Waals surface area contributed by atoms with Gasteiger partial charge in [-0.05, 0) is 51.3 Å². The Hall–Kier alpha value is -2.64. The topological polar surface area (TPSA) is 92.1 Å². The summed E-state index contributed by atoms with van der Waals surface area (Å²) in [6, 6.07) is 5.41. The zero-order valence-electron chi connectivity index (χ0n) is 15.4. The van der Waals surface area contributed by atoms with E-state index in [0.717, 1.165) is 31.4 Å². The Morgan fingerprint density at radius 2 is 1.96 bits per heavy atom. The molecule has 1 aromatic carbocycles. The van der Waals surface area contributed by atoms with Crippen LogP contribution in [0, 0.1) is 0 Å². The van der Waals surface area contributed by atoms with Gasteiger partial charge in [0.25, 0.3) is 5.91 Å². The number of piperidine rings is 1. The maximum absolute atomic E-state index is 12.6. The summed E-state index contributed by atoms with van der Waals surface area (Å²) in [6.07, 6.45) is 3.34. The highest BCUT2D eigenvalue weighted by Gasteiger charge is 2.19. The van der Waals surface area contributed by atoms with Crippen LogP contribution in [0.1, 0.15) is 43.5 Å². The zero-order valence-corrected chi connectivity index (χ0v) is 15.4. The van der Waals surface area contributed by atoms with Crippen molar-refractivity contribution in [2.45, 2.75) is 45.7 Å². The van der Waals surface area contributed by atoms with Crippen molar-refractivity contribution < 1.29 is 9.59 Å². The third-order valence-electron chi connectivity index (χ3n) is 4.43. The summed E-state index contributed by atoms with van der Waals surface area (Å²) in [6.45, 7) is 6.44. The Balaban J connectivity index is 1.63. The van der Waals surface area contributed by atoms with E-state index in [4.69, 9.17) is 0 Å². The van der Waals surface area contributed by atoms with Crippen LogP contribution in [0.3, 0.4) is 0 Å². The molecule has 26 heavy (non-hydrogen) atoms. The number of benzene rings is 1. The van der Waals surface area contributed by atoms with E-state index in [1.54, 1.807) is 10.7 Å². The van der Waals surface area contributed by atoms with E-state index in [-0.39, 0.29) is 18.0 Å². The molecule has 0 unspecified atom stereocenters. The molecule has 2 aromatic rings. The van der Waals surface area contributed by atoms with Crippen molar-refractivity contribution in [3.8, 4) is 0 Å². The van der Waals surface area contributed by atoms with E-state index in [1.165, 1.54) is 6.42 Å². The van der Waals surface area contributed by atoms with E-state index in [9.17, 15) is 9.59 Å². The molecule has 0 bridgehead atoms. The fourth-order valence-electron chi connectivity index (χ4n) is 3.14. The monoisotopic (exact) mass is 358 g/mol. The highest BCUT2D eigenvalue weighted by atomic mass is 16.2. The molecular formula is C18H26N6O2. The second-order valence-electron chi connectivity index (χ2n) is 6.92. The maximum Gasteiger partial charge on any atom is 0.315 e. The van der Waals surface area contributed by atoms with E-state index < -0.39 is 0 Å². The summed E-state index contributed by atoms with van der Waals surface area (Å²) >= 11 is 0. The van der Waals surface area contributed by atoms with Crippen molar-refractivity contribution in [3.05, 3.63) is 23.8 Å². The van der Waals surface area contributed by atoms with Crippen molar-refractivity contribution in [2.24, 2.45) is 0 Å². The van der Waals surface area contributed by atoms with Gasteiger partial charge in [-0.25, -0.2) is 9.48 Å². The third kappa shape index (κ3) is 4.30. The van der Waals surface area contributed by atoms with Crippen LogP contribution in [0.25, 0.3) is 11.0 Å². The second-order valence-corrected chi connectivity index (χ2v) is 6.92. The standard InChI is InChI=1S/C18H26N6O2/c1-13(2)20-18(26)19-8-11-24-16-7-6-14(12-15(16)21-22-24)17(25)23-9-4-3-5-10-23/h6-7,12-13H,3-5,8-11H2,1-2H3,(H2,19,20,26). The fourth-order valence-corrected chi connectivity index (χ4v) is 3.14. The molecule has 0 aliphatic carbocycles. The summed E-state index contributed by atoms with van der Waals surface area (Å²) in [7, 11) is 0. The lowest BCUT2D eigenvalue weighted by Crippen LogP contribution is -2.40. The lowest BCUT2D eigenvalue weighted by molar-refractivity contribution is 0.0724. The number of nitrogens with one attached hydrogen (secondary N) is 2. The summed E-state index contributed by atoms with van der Waals surface area (Å²) in [4.78, 5) is 26.1. The highest BCUT2D eigenvalue weighted by Crippen LogP contribution is 2.17. The molecule has 140 valence electrons. The Kier molecular flexibility index (Phi) is 5.70. The van der Waals surface area contributed by atoms with Gasteiger partial charge in [-0.3, -0.25) is 4.79 Å². The number of likely N-dealkylation sites (tertiary alicyclic amines) is 1. The van der Waals surface area contributed by atoms with Gasteiger partial charge >= 0.3 is 6.03 Å². The van der Waals surface area contributed by atoms with Gasteiger partial charge in [-0.15, -0.1) is 5.10 Å². The maximum atomic E-state index is 12.6. The van der Waals surface area contributed by atoms with Gasteiger partial charge in [0.15, 0.2) is 0 Å². The Morgan fingerprint density at radius 3 is 2.69 bits per heavy atom. The predicted molar refractivity (Wildman–Crippen MR) is 99.0 cm³/mol. The van der Waals surface area contributed by atoms with Gasteiger partial charge < -0.3 is 15.5 Å². The minimum Gasteiger partial charge on any atom is -0.339 e. The summed E-state index contributed by atoms with van der Waals surface area (Å²) in [5.74, 6) is 0.0631. The van der Waals surface area contributed by atoms with E-state index >= 15 is 0 Å². The number of fused-ring (bicyclic) bond motifs is 1. The SMILES string of the molecule is CC(C)NC(=O)NCCn1nnc2cc(C(=O)N3CCCCC3)ccc21. The first-order valence-corrected chi connectivity index (χ1v) is 9.21. The quantitative estimate of drug-likeness (QED) is 0.852. The predicted octanol–water partition coefficient (Wildman–Crippen LogP) is 1.76. The van der Waals surface area contributed by atoms with E-state index in [1.807, 2.05) is 30.9 Å². The first kappa shape index (κ1) is 18.2. The minimum absolute atomic E-state index is 0.0631. The third-order valence-corrected chi connectivity index (χ3v) is 4.43.